The highest BCUT2D eigenvalue weighted by atomic mass is 32.2. The number of hydrogen-bond acceptors (Lipinski definition) is 5. The molecule has 0 unspecified atom stereocenters. The molecular weight excluding hydrogens is 220 g/mol. The van der Waals surface area contributed by atoms with Gasteiger partial charge in [-0.1, -0.05) is 12.2 Å². The molecule has 0 spiro atoms. The van der Waals surface area contributed by atoms with Gasteiger partial charge in [0.15, 0.2) is 0 Å². The van der Waals surface area contributed by atoms with Crippen LogP contribution in [0.25, 0.3) is 0 Å². The Balaban J connectivity index is 2.50. The fourth-order valence-electron chi connectivity index (χ4n) is 0.515. The maximum Gasteiger partial charge on any atom is 0.145 e. The first kappa shape index (κ1) is 4.28. The lowest BCUT2D eigenvalue weighted by molar-refractivity contribution is 1.42. The highest BCUT2D eigenvalue weighted by Gasteiger charge is 2.12. The predicted molar refractivity (Wildman–Crippen MR) is 54.5 cm³/mol. The maximum atomic E-state index is 7.58. The van der Waals surface area contributed by atoms with Crippen LogP contribution >= 0.6 is 58.4 Å². The molecule has 1 aromatic heterocycles. The molecule has 0 atom stereocenters. The first-order valence-electron chi connectivity index (χ1n) is 4.34. The van der Waals surface area contributed by atoms with Crippen LogP contribution in [0.2, 0.25) is 0 Å². The third-order valence-corrected chi connectivity index (χ3v) is 5.79. The quantitative estimate of drug-likeness (QED) is 0.621. The third-order valence-electron chi connectivity index (χ3n) is 0.848. The van der Waals surface area contributed by atoms with Gasteiger partial charge in [0.25, 0.3) is 0 Å². The van der Waals surface area contributed by atoms with Gasteiger partial charge in [-0.3, -0.25) is 0 Å². The normalized spacial score (nSPS) is 32.8. The van der Waals surface area contributed by atoms with Gasteiger partial charge < -0.3 is 0 Å². The van der Waals surface area contributed by atoms with E-state index in [4.69, 9.17) is 17.7 Å². The molecule has 0 amide bonds. The largest absolute Gasteiger partial charge is 0.145 e. The Morgan fingerprint density at radius 2 is 1.70 bits per heavy atom. The van der Waals surface area contributed by atoms with Gasteiger partial charge in [0.05, 0.1) is 8.42 Å². The minimum Gasteiger partial charge on any atom is -0.113 e. The summed E-state index contributed by atoms with van der Waals surface area (Å²) < 4.78 is 32.7. The second-order valence-corrected chi connectivity index (χ2v) is 6.81. The van der Waals surface area contributed by atoms with Crippen LogP contribution < -0.4 is 0 Å². The van der Waals surface area contributed by atoms with Gasteiger partial charge in [0, 0.05) is 16.9 Å². The van der Waals surface area contributed by atoms with E-state index in [1.165, 1.54) is 22.7 Å². The second-order valence-electron chi connectivity index (χ2n) is 1.44. The van der Waals surface area contributed by atoms with Crippen LogP contribution in [0.3, 0.4) is 0 Å². The third kappa shape index (κ3) is 1.43. The van der Waals surface area contributed by atoms with Crippen molar-refractivity contribution in [2.24, 2.45) is 0 Å². The fraction of sp³-hybridized carbons (Fsp3) is 0.400. The lowest BCUT2D eigenvalue weighted by Gasteiger charge is -2.06. The zero-order valence-electron chi connectivity index (χ0n) is 8.54. The number of hydrogen-bond donors (Lipinski definition) is 0. The summed E-state index contributed by atoms with van der Waals surface area (Å²) in [5.41, 5.74) is -3.77. The summed E-state index contributed by atoms with van der Waals surface area (Å²) in [6.45, 7) is 0. The maximum absolute atomic E-state index is 7.58. The van der Waals surface area contributed by atoms with Crippen molar-refractivity contribution in [1.82, 2.24) is 0 Å². The SMILES string of the molecule is [2H]C1([2H])Sc2sc(=S)sc2SC1([2H])[2H]. The van der Waals surface area contributed by atoms with Crippen molar-refractivity contribution in [1.29, 1.82) is 0 Å². The molecule has 54 valence electrons. The van der Waals surface area contributed by atoms with Crippen molar-refractivity contribution in [3.05, 3.63) is 3.14 Å². The van der Waals surface area contributed by atoms with Crippen molar-refractivity contribution in [3.8, 4) is 0 Å². The van der Waals surface area contributed by atoms with Gasteiger partial charge >= 0.3 is 0 Å². The van der Waals surface area contributed by atoms with Crippen LogP contribution in [0.15, 0.2) is 8.42 Å². The standard InChI is InChI=1S/C5H4S5/c6-5-9-3-4(10-5)8-2-1-7-3/h1-2H2/i1D2,2D2. The van der Waals surface area contributed by atoms with Gasteiger partial charge in [-0.15, -0.1) is 46.2 Å². The summed E-state index contributed by atoms with van der Waals surface area (Å²) in [6.07, 6.45) is 0. The number of fused-ring (bicyclic) bond motifs is 1. The number of thioether (sulfide) groups is 2. The van der Waals surface area contributed by atoms with Crippen molar-refractivity contribution < 1.29 is 5.48 Å². The summed E-state index contributed by atoms with van der Waals surface area (Å²) in [4.78, 5) is 0. The lowest BCUT2D eigenvalue weighted by Crippen LogP contribution is -1.87. The van der Waals surface area contributed by atoms with Crippen molar-refractivity contribution >= 4 is 58.4 Å². The summed E-state index contributed by atoms with van der Waals surface area (Å²) >= 11 is 9.60. The van der Waals surface area contributed by atoms with Crippen LogP contribution in [0, 0.1) is 3.14 Å². The Bertz CT molecular complexity index is 382. The zero-order chi connectivity index (χ0) is 10.6. The minimum absolute atomic E-state index is 0.725. The molecule has 0 fully saturated rings. The molecule has 0 aliphatic carbocycles. The molecule has 10 heavy (non-hydrogen) atoms. The van der Waals surface area contributed by atoms with E-state index in [-0.39, 0.29) is 0 Å². The van der Waals surface area contributed by atoms with Gasteiger partial charge in [-0.05, 0) is 0 Å². The van der Waals surface area contributed by atoms with Crippen molar-refractivity contribution in [3.63, 3.8) is 0 Å². The van der Waals surface area contributed by atoms with E-state index in [2.05, 4.69) is 0 Å². The average Bonchev–Trinajstić information content (AvgIpc) is 2.27. The number of rotatable bonds is 0. The molecule has 5 heteroatoms. The van der Waals surface area contributed by atoms with Gasteiger partial charge in [-0.25, -0.2) is 0 Å². The van der Waals surface area contributed by atoms with E-state index >= 15 is 0 Å². The molecule has 1 aromatic rings. The Morgan fingerprint density at radius 1 is 1.20 bits per heavy atom. The predicted octanol–water partition coefficient (Wildman–Crippen LogP) is 3.74. The molecule has 0 aromatic carbocycles. The second kappa shape index (κ2) is 3.15. The molecule has 0 N–H and O–H groups in total. The van der Waals surface area contributed by atoms with Crippen LogP contribution in [0.5, 0.6) is 0 Å². The van der Waals surface area contributed by atoms with Crippen LogP contribution in [-0.4, -0.2) is 11.4 Å². The topological polar surface area (TPSA) is 0 Å². The molecule has 0 bridgehead atoms. The monoisotopic (exact) mass is 228 g/mol. The van der Waals surface area contributed by atoms with Gasteiger partial charge in [0.1, 0.15) is 3.14 Å². The van der Waals surface area contributed by atoms with Crippen molar-refractivity contribution in [2.45, 2.75) is 8.42 Å². The van der Waals surface area contributed by atoms with Crippen LogP contribution in [0.1, 0.15) is 5.48 Å². The molecule has 0 saturated carbocycles. The zero-order valence-corrected chi connectivity index (χ0v) is 8.62. The first-order valence-corrected chi connectivity index (χ1v) is 6.01. The Kier molecular flexibility index (Phi) is 1.34. The molecule has 0 radical (unpaired) electrons. The van der Waals surface area contributed by atoms with E-state index in [9.17, 15) is 0 Å². The Hall–Kier alpha value is 0.970. The smallest absolute Gasteiger partial charge is 0.113 e. The molecule has 0 saturated heterocycles. The Labute approximate surface area is 86.7 Å². The highest BCUT2D eigenvalue weighted by molar-refractivity contribution is 8.08. The van der Waals surface area contributed by atoms with E-state index in [1.54, 1.807) is 0 Å². The molecule has 2 rings (SSSR count). The summed E-state index contributed by atoms with van der Waals surface area (Å²) in [7, 11) is 0. The van der Waals surface area contributed by atoms with Crippen molar-refractivity contribution in [2.75, 3.05) is 11.4 Å². The highest BCUT2D eigenvalue weighted by Crippen LogP contribution is 2.44. The molecule has 0 nitrogen and oxygen atoms in total. The molecular formula is C5H4S5. The molecule has 1 aliphatic rings. The summed E-state index contributed by atoms with van der Waals surface area (Å²) in [5, 5.41) is 0. The van der Waals surface area contributed by atoms with Gasteiger partial charge in [0.2, 0.25) is 0 Å². The van der Waals surface area contributed by atoms with E-state index in [0.717, 1.165) is 35.1 Å². The molecule has 2 heterocycles. The Morgan fingerprint density at radius 3 is 2.20 bits per heavy atom. The fourth-order valence-corrected chi connectivity index (χ4v) is 5.55. The first-order chi connectivity index (χ1) is 6.32. The average molecular weight is 228 g/mol. The van der Waals surface area contributed by atoms with Crippen LogP contribution in [0.4, 0.5) is 0 Å². The summed E-state index contributed by atoms with van der Waals surface area (Å²) in [5.74, 6) is 0. The van der Waals surface area contributed by atoms with Crippen LogP contribution in [-0.2, 0) is 0 Å². The van der Waals surface area contributed by atoms with E-state index < -0.39 is 11.4 Å². The lowest BCUT2D eigenvalue weighted by atomic mass is 11.0. The molecule has 1 aliphatic heterocycles. The van der Waals surface area contributed by atoms with E-state index in [0.29, 0.717) is 0 Å². The summed E-state index contributed by atoms with van der Waals surface area (Å²) in [6, 6.07) is 0. The minimum atomic E-state index is -1.88. The van der Waals surface area contributed by atoms with E-state index in [1.807, 2.05) is 0 Å². The van der Waals surface area contributed by atoms with Gasteiger partial charge in [-0.2, -0.15) is 0 Å².